The lowest BCUT2D eigenvalue weighted by Gasteiger charge is -2.10. The molecule has 1 aliphatic heterocycles. The van der Waals surface area contributed by atoms with E-state index in [0.29, 0.717) is 24.2 Å². The van der Waals surface area contributed by atoms with Crippen LogP contribution in [-0.4, -0.2) is 20.9 Å². The van der Waals surface area contributed by atoms with Crippen molar-refractivity contribution in [2.75, 3.05) is 0 Å². The van der Waals surface area contributed by atoms with E-state index in [1.54, 1.807) is 0 Å². The van der Waals surface area contributed by atoms with E-state index in [4.69, 9.17) is 5.73 Å². The van der Waals surface area contributed by atoms with Crippen LogP contribution in [0.15, 0.2) is 79.1 Å². The van der Waals surface area contributed by atoms with Crippen molar-refractivity contribution in [2.24, 2.45) is 12.8 Å². The number of nitrogens with one attached hydrogen (secondary N) is 1. The van der Waals surface area contributed by atoms with E-state index in [2.05, 4.69) is 35.0 Å². The van der Waals surface area contributed by atoms with Crippen LogP contribution < -0.4 is 11.1 Å². The number of imide groups is 1. The number of fused-ring (bicyclic) bond motifs is 2. The van der Waals surface area contributed by atoms with E-state index in [1.165, 1.54) is 5.56 Å². The van der Waals surface area contributed by atoms with E-state index in [1.807, 2.05) is 72.5 Å². The Morgan fingerprint density at radius 1 is 0.811 bits per heavy atom. The van der Waals surface area contributed by atoms with Gasteiger partial charge in [-0.2, -0.15) is 0 Å². The van der Waals surface area contributed by atoms with Gasteiger partial charge in [-0.15, -0.1) is 0 Å². The van der Waals surface area contributed by atoms with E-state index >= 15 is 0 Å². The first-order valence-corrected chi connectivity index (χ1v) is 12.5. The van der Waals surface area contributed by atoms with E-state index in [9.17, 15) is 9.59 Å². The molecule has 0 radical (unpaired) electrons. The summed E-state index contributed by atoms with van der Waals surface area (Å²) >= 11 is 0. The Balaban J connectivity index is 1.61. The predicted molar refractivity (Wildman–Crippen MR) is 148 cm³/mol. The molecule has 37 heavy (non-hydrogen) atoms. The minimum Gasteiger partial charge on any atom is -0.350 e. The fourth-order valence-corrected chi connectivity index (χ4v) is 5.61. The van der Waals surface area contributed by atoms with Gasteiger partial charge in [0.1, 0.15) is 0 Å². The van der Waals surface area contributed by atoms with Gasteiger partial charge in [0.25, 0.3) is 11.8 Å². The molecule has 0 bridgehead atoms. The van der Waals surface area contributed by atoms with Crippen molar-refractivity contribution < 1.29 is 9.59 Å². The molecule has 2 amide bonds. The number of rotatable bonds is 6. The summed E-state index contributed by atoms with van der Waals surface area (Å²) in [5, 5.41) is 4.48. The van der Waals surface area contributed by atoms with Crippen LogP contribution in [0.4, 0.5) is 0 Å². The molecule has 0 aliphatic carbocycles. The van der Waals surface area contributed by atoms with Crippen LogP contribution in [0.3, 0.4) is 0 Å². The molecule has 2 aromatic heterocycles. The summed E-state index contributed by atoms with van der Waals surface area (Å²) in [6.07, 6.45) is 4.81. The molecule has 6 heteroatoms. The van der Waals surface area contributed by atoms with Crippen LogP contribution in [0.5, 0.6) is 0 Å². The van der Waals surface area contributed by atoms with E-state index < -0.39 is 0 Å². The van der Waals surface area contributed by atoms with Gasteiger partial charge in [-0.25, -0.2) is 0 Å². The highest BCUT2D eigenvalue weighted by Crippen LogP contribution is 2.39. The molecule has 5 aromatic rings. The topological polar surface area (TPSA) is 82.0 Å². The Kier molecular flexibility index (Phi) is 5.54. The summed E-state index contributed by atoms with van der Waals surface area (Å²) in [4.78, 5) is 26.6. The van der Waals surface area contributed by atoms with Gasteiger partial charge in [-0.1, -0.05) is 67.6 Å². The van der Waals surface area contributed by atoms with Gasteiger partial charge < -0.3 is 14.9 Å². The van der Waals surface area contributed by atoms with E-state index in [-0.39, 0.29) is 11.8 Å². The Hall–Kier alpha value is -4.42. The lowest BCUT2D eigenvalue weighted by molar-refractivity contribution is -0.122. The predicted octanol–water partition coefficient (Wildman–Crippen LogP) is 4.77. The zero-order valence-electron chi connectivity index (χ0n) is 20.9. The quantitative estimate of drug-likeness (QED) is 0.338. The number of hydrogen-bond donors (Lipinski definition) is 2. The highest BCUT2D eigenvalue weighted by Gasteiger charge is 2.35. The van der Waals surface area contributed by atoms with Crippen LogP contribution in [0.2, 0.25) is 0 Å². The third kappa shape index (κ3) is 3.69. The molecular weight excluding hydrogens is 460 g/mol. The molecule has 184 valence electrons. The number of amides is 2. The number of carbonyl (C=O) groups is 2. The average molecular weight is 489 g/mol. The van der Waals surface area contributed by atoms with Gasteiger partial charge in [0.05, 0.1) is 16.7 Å². The van der Waals surface area contributed by atoms with Crippen LogP contribution in [0.25, 0.3) is 33.0 Å². The molecule has 0 unspecified atom stereocenters. The van der Waals surface area contributed by atoms with Crippen molar-refractivity contribution in [3.05, 3.63) is 107 Å². The van der Waals surface area contributed by atoms with E-state index in [0.717, 1.165) is 50.5 Å². The number of aryl methyl sites for hydroxylation is 2. The molecular formula is C31H28N4O2. The smallest absolute Gasteiger partial charge is 0.259 e. The molecule has 3 heterocycles. The molecule has 1 aliphatic rings. The first-order valence-electron chi connectivity index (χ1n) is 12.5. The van der Waals surface area contributed by atoms with Crippen molar-refractivity contribution in [1.29, 1.82) is 0 Å². The molecule has 0 atom stereocenters. The Bertz CT molecular complexity index is 1750. The fraction of sp³-hybridized carbons (Fsp3) is 0.161. The Morgan fingerprint density at radius 3 is 2.24 bits per heavy atom. The second-order valence-electron chi connectivity index (χ2n) is 9.57. The number of benzene rings is 3. The minimum absolute atomic E-state index is 0.362. The van der Waals surface area contributed by atoms with Crippen molar-refractivity contribution in [2.45, 2.75) is 26.4 Å². The van der Waals surface area contributed by atoms with Gasteiger partial charge in [0.15, 0.2) is 0 Å². The number of carbonyl (C=O) groups excluding carboxylic acids is 2. The number of nitrogens with two attached hydrogens (primary N) is 1. The molecule has 6 rings (SSSR count). The standard InChI is InChI=1S/C31H28N4O2/c1-3-21-10-7-12-23-25(18-35(29(21)23)16-20-9-6-8-19(14-20)15-32)28-27(30(36)33-31(28)37)24-17-34(2)26-13-5-4-11-22(24)26/h4-14,17-18H,3,15-16,32H2,1-2H3,(H,33,36,37). The molecule has 6 nitrogen and oxygen atoms in total. The van der Waals surface area contributed by atoms with Gasteiger partial charge in [0, 0.05) is 59.9 Å². The molecule has 0 spiro atoms. The molecule has 0 saturated carbocycles. The summed E-state index contributed by atoms with van der Waals surface area (Å²) in [5.74, 6) is -0.724. The maximum Gasteiger partial charge on any atom is 0.259 e. The SMILES string of the molecule is CCc1cccc2c(C3=C(c4cn(C)c5ccccc45)C(=O)NC3=O)cn(Cc3cccc(CN)c3)c12. The van der Waals surface area contributed by atoms with Crippen LogP contribution in [-0.2, 0) is 36.1 Å². The summed E-state index contributed by atoms with van der Waals surface area (Å²) in [5.41, 5.74) is 13.8. The van der Waals surface area contributed by atoms with Crippen LogP contribution >= 0.6 is 0 Å². The lowest BCUT2D eigenvalue weighted by atomic mass is 9.95. The van der Waals surface area contributed by atoms with Crippen LogP contribution in [0, 0.1) is 0 Å². The first kappa shape index (κ1) is 23.0. The summed E-state index contributed by atoms with van der Waals surface area (Å²) in [6, 6.07) is 22.4. The van der Waals surface area contributed by atoms with Gasteiger partial charge in [0.2, 0.25) is 0 Å². The second kappa shape index (κ2) is 8.91. The highest BCUT2D eigenvalue weighted by molar-refractivity contribution is 6.50. The molecule has 0 saturated heterocycles. The Morgan fingerprint density at radius 2 is 1.49 bits per heavy atom. The van der Waals surface area contributed by atoms with Gasteiger partial charge >= 0.3 is 0 Å². The van der Waals surface area contributed by atoms with Gasteiger partial charge in [-0.3, -0.25) is 14.9 Å². The normalized spacial score (nSPS) is 13.8. The van der Waals surface area contributed by atoms with Crippen molar-refractivity contribution >= 4 is 44.8 Å². The largest absolute Gasteiger partial charge is 0.350 e. The number of aromatic nitrogens is 2. The minimum atomic E-state index is -0.362. The third-order valence-corrected chi connectivity index (χ3v) is 7.31. The fourth-order valence-electron chi connectivity index (χ4n) is 5.61. The first-order chi connectivity index (χ1) is 18.0. The highest BCUT2D eigenvalue weighted by atomic mass is 16.2. The van der Waals surface area contributed by atoms with Crippen molar-refractivity contribution in [1.82, 2.24) is 14.5 Å². The summed E-state index contributed by atoms with van der Waals surface area (Å²) in [7, 11) is 1.95. The average Bonchev–Trinajstić information content (AvgIpc) is 3.54. The summed E-state index contributed by atoms with van der Waals surface area (Å²) < 4.78 is 4.19. The van der Waals surface area contributed by atoms with Crippen molar-refractivity contribution in [3.8, 4) is 0 Å². The number of hydrogen-bond acceptors (Lipinski definition) is 3. The zero-order chi connectivity index (χ0) is 25.7. The molecule has 3 N–H and O–H groups in total. The van der Waals surface area contributed by atoms with Crippen molar-refractivity contribution in [3.63, 3.8) is 0 Å². The maximum atomic E-state index is 13.3. The second-order valence-corrected chi connectivity index (χ2v) is 9.57. The zero-order valence-corrected chi connectivity index (χ0v) is 20.9. The maximum absolute atomic E-state index is 13.3. The van der Waals surface area contributed by atoms with Crippen LogP contribution in [0.1, 0.15) is 34.7 Å². The number of para-hydroxylation sites is 2. The lowest BCUT2D eigenvalue weighted by Crippen LogP contribution is -2.22. The molecule has 3 aromatic carbocycles. The molecule has 0 fully saturated rings. The third-order valence-electron chi connectivity index (χ3n) is 7.31. The summed E-state index contributed by atoms with van der Waals surface area (Å²) in [6.45, 7) is 3.25. The Labute approximate surface area is 215 Å². The van der Waals surface area contributed by atoms with Gasteiger partial charge in [-0.05, 0) is 29.2 Å². The monoisotopic (exact) mass is 488 g/mol. The number of nitrogens with zero attached hydrogens (tertiary/aromatic N) is 2.